The molecule has 0 unspecified atom stereocenters. The first-order valence-corrected chi connectivity index (χ1v) is 8.72. The molecule has 3 rings (SSSR count). The van der Waals surface area contributed by atoms with Gasteiger partial charge in [-0.3, -0.25) is 4.79 Å². The van der Waals surface area contributed by atoms with Gasteiger partial charge < -0.3 is 9.73 Å². The Kier molecular flexibility index (Phi) is 5.25. The van der Waals surface area contributed by atoms with E-state index < -0.39 is 0 Å². The first kappa shape index (κ1) is 17.3. The van der Waals surface area contributed by atoms with Crippen LogP contribution < -0.4 is 5.32 Å². The molecule has 3 nitrogen and oxygen atoms in total. The van der Waals surface area contributed by atoms with Crippen LogP contribution in [0.4, 0.5) is 5.69 Å². The van der Waals surface area contributed by atoms with E-state index in [0.717, 1.165) is 23.2 Å². The fourth-order valence-corrected chi connectivity index (χ4v) is 2.80. The highest BCUT2D eigenvalue weighted by atomic mass is 35.5. The van der Waals surface area contributed by atoms with Gasteiger partial charge in [-0.15, -0.1) is 0 Å². The van der Waals surface area contributed by atoms with Crippen LogP contribution >= 0.6 is 11.6 Å². The van der Waals surface area contributed by atoms with Crippen LogP contribution in [-0.4, -0.2) is 5.91 Å². The summed E-state index contributed by atoms with van der Waals surface area (Å²) >= 11 is 5.90. The Morgan fingerprint density at radius 1 is 1.08 bits per heavy atom. The number of benzene rings is 2. The van der Waals surface area contributed by atoms with Gasteiger partial charge in [-0.2, -0.15) is 0 Å². The zero-order valence-electron chi connectivity index (χ0n) is 14.3. The van der Waals surface area contributed by atoms with Gasteiger partial charge in [-0.25, -0.2) is 0 Å². The third kappa shape index (κ3) is 3.94. The minimum Gasteiger partial charge on any atom is -0.451 e. The molecule has 1 heterocycles. The van der Waals surface area contributed by atoms with Gasteiger partial charge in [0, 0.05) is 16.3 Å². The molecule has 1 N–H and O–H groups in total. The molecular formula is C21H20ClNO2. The van der Waals surface area contributed by atoms with E-state index >= 15 is 0 Å². The van der Waals surface area contributed by atoms with Gasteiger partial charge in [-0.05, 0) is 60.4 Å². The number of nitrogens with one attached hydrogen (secondary N) is 1. The number of carbonyl (C=O) groups excluding carboxylic acids is 1. The lowest BCUT2D eigenvalue weighted by Gasteiger charge is -2.15. The van der Waals surface area contributed by atoms with Crippen LogP contribution in [0.1, 0.15) is 42.3 Å². The molecule has 0 radical (unpaired) electrons. The quantitative estimate of drug-likeness (QED) is 0.579. The van der Waals surface area contributed by atoms with Crippen molar-refractivity contribution in [2.75, 3.05) is 5.32 Å². The molecule has 0 bridgehead atoms. The number of hydrogen-bond acceptors (Lipinski definition) is 2. The minimum absolute atomic E-state index is 0.254. The van der Waals surface area contributed by atoms with Gasteiger partial charge in [0.2, 0.25) is 0 Å². The molecule has 128 valence electrons. The van der Waals surface area contributed by atoms with Gasteiger partial charge in [-0.1, -0.05) is 43.6 Å². The van der Waals surface area contributed by atoms with Crippen molar-refractivity contribution in [1.82, 2.24) is 0 Å². The number of hydrogen-bond donors (Lipinski definition) is 1. The number of carbonyl (C=O) groups is 1. The first-order valence-electron chi connectivity index (χ1n) is 8.34. The molecule has 0 aliphatic heterocycles. The average molecular weight is 354 g/mol. The zero-order valence-corrected chi connectivity index (χ0v) is 15.0. The van der Waals surface area contributed by atoms with Gasteiger partial charge >= 0.3 is 0 Å². The summed E-state index contributed by atoms with van der Waals surface area (Å²) < 4.78 is 5.72. The minimum atomic E-state index is -0.254. The van der Waals surface area contributed by atoms with Gasteiger partial charge in [0.25, 0.3) is 5.91 Å². The maximum Gasteiger partial charge on any atom is 0.291 e. The largest absolute Gasteiger partial charge is 0.451 e. The number of amides is 1. The number of rotatable bonds is 5. The Morgan fingerprint density at radius 2 is 1.80 bits per heavy atom. The third-order valence-electron chi connectivity index (χ3n) is 4.31. The number of furan rings is 1. The smallest absolute Gasteiger partial charge is 0.291 e. The van der Waals surface area contributed by atoms with E-state index in [1.807, 2.05) is 36.4 Å². The second kappa shape index (κ2) is 7.58. The second-order valence-corrected chi connectivity index (χ2v) is 6.46. The SMILES string of the molecule is CC[C@@H](C)c1ccccc1NC(=O)c1ccc(-c2ccc(Cl)cc2)o1. The number of halogens is 1. The number of anilines is 1. The topological polar surface area (TPSA) is 42.2 Å². The van der Waals surface area contributed by atoms with Crippen LogP contribution in [0.25, 0.3) is 11.3 Å². The molecule has 0 aliphatic carbocycles. The summed E-state index contributed by atoms with van der Waals surface area (Å²) in [5, 5.41) is 3.62. The van der Waals surface area contributed by atoms with Crippen molar-refractivity contribution in [3.63, 3.8) is 0 Å². The van der Waals surface area contributed by atoms with E-state index in [1.54, 1.807) is 24.3 Å². The molecule has 0 fully saturated rings. The van der Waals surface area contributed by atoms with E-state index in [4.69, 9.17) is 16.0 Å². The summed E-state index contributed by atoms with van der Waals surface area (Å²) in [5.74, 6) is 1.04. The molecule has 2 aromatic carbocycles. The predicted molar refractivity (Wildman–Crippen MR) is 102 cm³/mol. The molecule has 1 atom stereocenters. The summed E-state index contributed by atoms with van der Waals surface area (Å²) in [5.41, 5.74) is 2.83. The van der Waals surface area contributed by atoms with Crippen molar-refractivity contribution >= 4 is 23.2 Å². The monoisotopic (exact) mass is 353 g/mol. The molecular weight excluding hydrogens is 334 g/mol. The highest BCUT2D eigenvalue weighted by Crippen LogP contribution is 2.28. The molecule has 0 saturated heterocycles. The van der Waals surface area contributed by atoms with Crippen molar-refractivity contribution in [2.24, 2.45) is 0 Å². The van der Waals surface area contributed by atoms with Gasteiger partial charge in [0.1, 0.15) is 5.76 Å². The molecule has 0 aliphatic rings. The van der Waals surface area contributed by atoms with Gasteiger partial charge in [0.15, 0.2) is 5.76 Å². The highest BCUT2D eigenvalue weighted by Gasteiger charge is 2.15. The average Bonchev–Trinajstić information content (AvgIpc) is 3.12. The molecule has 3 aromatic rings. The molecule has 4 heteroatoms. The normalized spacial score (nSPS) is 12.0. The maximum absolute atomic E-state index is 12.6. The Labute approximate surface area is 152 Å². The van der Waals surface area contributed by atoms with Gasteiger partial charge in [0.05, 0.1) is 0 Å². The fraction of sp³-hybridized carbons (Fsp3) is 0.190. The second-order valence-electron chi connectivity index (χ2n) is 6.02. The first-order chi connectivity index (χ1) is 12.1. The molecule has 25 heavy (non-hydrogen) atoms. The van der Waals surface area contributed by atoms with E-state index in [9.17, 15) is 4.79 Å². The van der Waals surface area contributed by atoms with E-state index in [0.29, 0.717) is 16.7 Å². The summed E-state index contributed by atoms with van der Waals surface area (Å²) in [6.45, 7) is 4.28. The molecule has 1 amide bonds. The third-order valence-corrected chi connectivity index (χ3v) is 4.56. The van der Waals surface area contributed by atoms with Crippen molar-refractivity contribution < 1.29 is 9.21 Å². The van der Waals surface area contributed by atoms with Crippen molar-refractivity contribution in [3.05, 3.63) is 77.0 Å². The Hall–Kier alpha value is -2.52. The van der Waals surface area contributed by atoms with Crippen molar-refractivity contribution in [2.45, 2.75) is 26.2 Å². The standard InChI is InChI=1S/C21H20ClNO2/c1-3-14(2)17-6-4-5-7-18(17)23-21(24)20-13-12-19(25-20)15-8-10-16(22)11-9-15/h4-14H,3H2,1-2H3,(H,23,24)/t14-/m1/s1. The van der Waals surface area contributed by atoms with Crippen LogP contribution in [-0.2, 0) is 0 Å². The number of para-hydroxylation sites is 1. The van der Waals surface area contributed by atoms with Crippen LogP contribution in [0.2, 0.25) is 5.02 Å². The fourth-order valence-electron chi connectivity index (χ4n) is 2.67. The van der Waals surface area contributed by atoms with E-state index in [1.165, 1.54) is 0 Å². The maximum atomic E-state index is 12.6. The lowest BCUT2D eigenvalue weighted by molar-refractivity contribution is 0.0997. The summed E-state index contributed by atoms with van der Waals surface area (Å²) in [6, 6.07) is 18.7. The van der Waals surface area contributed by atoms with Crippen molar-refractivity contribution in [3.8, 4) is 11.3 Å². The molecule has 0 spiro atoms. The van der Waals surface area contributed by atoms with Crippen LogP contribution in [0.3, 0.4) is 0 Å². The van der Waals surface area contributed by atoms with Crippen LogP contribution in [0.15, 0.2) is 65.1 Å². The molecule has 1 aromatic heterocycles. The highest BCUT2D eigenvalue weighted by molar-refractivity contribution is 6.30. The zero-order chi connectivity index (χ0) is 17.8. The Balaban J connectivity index is 1.80. The van der Waals surface area contributed by atoms with E-state index in [2.05, 4.69) is 19.2 Å². The Bertz CT molecular complexity index is 868. The summed E-state index contributed by atoms with van der Waals surface area (Å²) in [6.07, 6.45) is 1.01. The van der Waals surface area contributed by atoms with E-state index in [-0.39, 0.29) is 11.7 Å². The van der Waals surface area contributed by atoms with Crippen molar-refractivity contribution in [1.29, 1.82) is 0 Å². The summed E-state index contributed by atoms with van der Waals surface area (Å²) in [7, 11) is 0. The molecule has 0 saturated carbocycles. The summed E-state index contributed by atoms with van der Waals surface area (Å²) in [4.78, 5) is 12.6. The predicted octanol–water partition coefficient (Wildman–Crippen LogP) is 6.37. The van der Waals surface area contributed by atoms with Crippen LogP contribution in [0, 0.1) is 0 Å². The lowest BCUT2D eigenvalue weighted by atomic mass is 9.97. The van der Waals surface area contributed by atoms with Crippen LogP contribution in [0.5, 0.6) is 0 Å². The lowest BCUT2D eigenvalue weighted by Crippen LogP contribution is -2.13. The Morgan fingerprint density at radius 3 is 2.52 bits per heavy atom.